The molecule has 0 aliphatic rings. The second-order valence-electron chi connectivity index (χ2n) is 20.0. The van der Waals surface area contributed by atoms with E-state index in [9.17, 15) is 48.6 Å². The van der Waals surface area contributed by atoms with Crippen LogP contribution in [0.25, 0.3) is 32.7 Å². The Balaban J connectivity index is 1.19. The molecule has 0 spiro atoms. The van der Waals surface area contributed by atoms with Crippen molar-refractivity contribution in [3.05, 3.63) is 138 Å². The topological polar surface area (TPSA) is 375 Å². The molecule has 0 radical (unpaired) electrons. The van der Waals surface area contributed by atoms with Crippen LogP contribution in [0.5, 0.6) is 5.75 Å². The van der Waals surface area contributed by atoms with Gasteiger partial charge in [0.2, 0.25) is 41.4 Å². The number of primary amides is 1. The quantitative estimate of drug-likeness (QED) is 0.0314. The molecule has 3 heterocycles. The van der Waals surface area contributed by atoms with Crippen molar-refractivity contribution in [1.29, 1.82) is 0 Å². The number of H-pyrrole nitrogens is 3. The van der Waals surface area contributed by atoms with Gasteiger partial charge in [-0.2, -0.15) is 0 Å². The van der Waals surface area contributed by atoms with Crippen molar-refractivity contribution in [1.82, 2.24) is 46.9 Å². The molecule has 416 valence electrons. The lowest BCUT2D eigenvalue weighted by Crippen LogP contribution is -2.61. The van der Waals surface area contributed by atoms with Gasteiger partial charge in [-0.15, -0.1) is 0 Å². The minimum atomic E-state index is -1.53. The summed E-state index contributed by atoms with van der Waals surface area (Å²) >= 11 is 0. The standard InChI is InChI=1S/C57H68N12O10/c1-31(2)50(69-56(78)48(26-35-30-63-43-16-8-5-13-39(35)43)67-53(75)45(23-32-18-20-36(70)21-19-32)65-52(74)40(59)27-49(71)72)57(79)68-47(25-34-29-62-42-15-7-4-12-38(34)42)55(77)66-46(24-33-28-61-41-14-6-3-11-37(33)41)54(76)64-44(51(60)73)17-9-10-22-58/h3-8,11-16,18-21,28-31,40,44-48,50,61-63,70H,9-10,17,22-27,58-59H2,1-2H3,(H2,60,73)(H,64,76)(H,65,74)(H,66,77)(H,67,75)(H,68,79)(H,69,78)(H,71,72)/t40-,44+,45+,46-,47-,48+,50+/m1/s1. The second-order valence-corrected chi connectivity index (χ2v) is 20.0. The zero-order valence-electron chi connectivity index (χ0n) is 43.8. The highest BCUT2D eigenvalue weighted by atomic mass is 16.4. The number of para-hydroxylation sites is 3. The summed E-state index contributed by atoms with van der Waals surface area (Å²) in [5, 5.41) is 38.1. The minimum absolute atomic E-state index is 0.0353. The Morgan fingerprint density at radius 2 is 0.899 bits per heavy atom. The first-order valence-corrected chi connectivity index (χ1v) is 26.1. The molecule has 7 rings (SSSR count). The van der Waals surface area contributed by atoms with E-state index in [0.717, 1.165) is 32.7 Å². The number of aromatic hydroxyl groups is 1. The Bertz CT molecular complexity index is 3290. The average molecular weight is 1080 g/mol. The van der Waals surface area contributed by atoms with E-state index in [2.05, 4.69) is 46.9 Å². The number of carboxylic acids is 1. The third-order valence-corrected chi connectivity index (χ3v) is 13.8. The monoisotopic (exact) mass is 1080 g/mol. The number of hydrogen-bond donors (Lipinski definition) is 14. The smallest absolute Gasteiger partial charge is 0.305 e. The molecule has 0 unspecified atom stereocenters. The number of amides is 7. The normalized spacial score (nSPS) is 14.1. The third-order valence-electron chi connectivity index (χ3n) is 13.8. The van der Waals surface area contributed by atoms with Crippen LogP contribution in [0.2, 0.25) is 0 Å². The molecule has 7 atom stereocenters. The number of aromatic amines is 3. The number of fused-ring (bicyclic) bond motifs is 3. The first-order valence-electron chi connectivity index (χ1n) is 26.1. The fraction of sp³-hybridized carbons (Fsp3) is 0.333. The number of aliphatic carboxylic acids is 1. The summed E-state index contributed by atoms with van der Waals surface area (Å²) in [6.45, 7) is 3.73. The van der Waals surface area contributed by atoms with Crippen LogP contribution in [0.3, 0.4) is 0 Å². The molecule has 0 bridgehead atoms. The number of nitrogens with two attached hydrogens (primary N) is 3. The van der Waals surface area contributed by atoms with Gasteiger partial charge in [0.1, 0.15) is 42.0 Å². The van der Waals surface area contributed by atoms with E-state index in [4.69, 9.17) is 17.2 Å². The molecule has 0 aliphatic heterocycles. The summed E-state index contributed by atoms with van der Waals surface area (Å²) in [6.07, 6.45) is 5.26. The van der Waals surface area contributed by atoms with Gasteiger partial charge in [0.15, 0.2) is 0 Å². The third kappa shape index (κ3) is 15.4. The number of phenolic OH excluding ortho intramolecular Hbond substituents is 1. The molecule has 17 N–H and O–H groups in total. The summed E-state index contributed by atoms with van der Waals surface area (Å²) in [4.78, 5) is 120. The van der Waals surface area contributed by atoms with E-state index in [1.165, 1.54) is 24.3 Å². The number of nitrogens with one attached hydrogen (secondary N) is 9. The lowest BCUT2D eigenvalue weighted by Gasteiger charge is -2.29. The summed E-state index contributed by atoms with van der Waals surface area (Å²) in [5.74, 6) is -7.65. The van der Waals surface area contributed by atoms with E-state index < -0.39 is 102 Å². The van der Waals surface area contributed by atoms with Crippen LogP contribution in [0, 0.1) is 5.92 Å². The van der Waals surface area contributed by atoms with Gasteiger partial charge in [0.05, 0.1) is 12.5 Å². The van der Waals surface area contributed by atoms with Crippen LogP contribution in [-0.4, -0.2) is 121 Å². The summed E-state index contributed by atoms with van der Waals surface area (Å²) in [5.41, 5.74) is 22.1. The number of aromatic nitrogens is 3. The van der Waals surface area contributed by atoms with E-state index in [-0.39, 0.29) is 37.9 Å². The first-order chi connectivity index (χ1) is 37.9. The molecular formula is C57H68N12O10. The number of hydrogen-bond acceptors (Lipinski definition) is 11. The second kappa shape index (κ2) is 26.8. The zero-order chi connectivity index (χ0) is 56.8. The molecule has 0 saturated heterocycles. The van der Waals surface area contributed by atoms with Gasteiger partial charge in [-0.1, -0.05) is 80.6 Å². The molecule has 3 aromatic heterocycles. The molecule has 0 fully saturated rings. The van der Waals surface area contributed by atoms with Gasteiger partial charge >= 0.3 is 5.97 Å². The van der Waals surface area contributed by atoms with E-state index in [1.54, 1.807) is 38.5 Å². The highest BCUT2D eigenvalue weighted by Crippen LogP contribution is 2.23. The molecule has 7 amide bonds. The maximum Gasteiger partial charge on any atom is 0.305 e. The summed E-state index contributed by atoms with van der Waals surface area (Å²) in [7, 11) is 0. The van der Waals surface area contributed by atoms with Gasteiger partial charge in [-0.05, 0) is 84.3 Å². The Hall–Kier alpha value is -9.02. The number of phenols is 1. The molecule has 22 heteroatoms. The average Bonchev–Trinajstić information content (AvgIpc) is 4.18. The predicted molar refractivity (Wildman–Crippen MR) is 297 cm³/mol. The maximum absolute atomic E-state index is 14.9. The highest BCUT2D eigenvalue weighted by molar-refractivity contribution is 5.99. The van der Waals surface area contributed by atoms with Gasteiger partial charge < -0.3 is 74.3 Å². The van der Waals surface area contributed by atoms with Gasteiger partial charge in [-0.25, -0.2) is 0 Å². The Morgan fingerprint density at radius 3 is 1.32 bits per heavy atom. The van der Waals surface area contributed by atoms with E-state index >= 15 is 0 Å². The minimum Gasteiger partial charge on any atom is -0.508 e. The highest BCUT2D eigenvalue weighted by Gasteiger charge is 2.36. The van der Waals surface area contributed by atoms with Crippen molar-refractivity contribution in [2.45, 2.75) is 108 Å². The largest absolute Gasteiger partial charge is 0.508 e. The molecular weight excluding hydrogens is 1010 g/mol. The zero-order valence-corrected chi connectivity index (χ0v) is 43.8. The van der Waals surface area contributed by atoms with Crippen LogP contribution >= 0.6 is 0 Å². The summed E-state index contributed by atoms with van der Waals surface area (Å²) in [6, 6.07) is 18.4. The summed E-state index contributed by atoms with van der Waals surface area (Å²) < 4.78 is 0. The molecule has 4 aromatic carbocycles. The number of benzene rings is 4. The molecule has 0 aliphatic carbocycles. The van der Waals surface area contributed by atoms with Crippen molar-refractivity contribution in [2.75, 3.05) is 6.54 Å². The molecule has 22 nitrogen and oxygen atoms in total. The lowest BCUT2D eigenvalue weighted by molar-refractivity contribution is -0.140. The Kier molecular flexibility index (Phi) is 19.6. The van der Waals surface area contributed by atoms with Crippen molar-refractivity contribution in [3.63, 3.8) is 0 Å². The number of carboxylic acid groups (broad SMARTS) is 1. The van der Waals surface area contributed by atoms with Crippen LogP contribution in [0.4, 0.5) is 0 Å². The number of rotatable bonds is 28. The van der Waals surface area contributed by atoms with Crippen molar-refractivity contribution < 1.29 is 48.6 Å². The number of carbonyl (C=O) groups excluding carboxylic acids is 7. The lowest BCUT2D eigenvalue weighted by atomic mass is 9.98. The van der Waals surface area contributed by atoms with Gasteiger partial charge in [0, 0.05) is 77.0 Å². The van der Waals surface area contributed by atoms with Crippen LogP contribution < -0.4 is 49.1 Å². The van der Waals surface area contributed by atoms with Crippen molar-refractivity contribution >= 4 is 80.0 Å². The van der Waals surface area contributed by atoms with E-state index in [0.29, 0.717) is 41.6 Å². The first kappa shape index (κ1) is 57.7. The van der Waals surface area contributed by atoms with Gasteiger partial charge in [0.25, 0.3) is 0 Å². The van der Waals surface area contributed by atoms with Crippen LogP contribution in [0.15, 0.2) is 116 Å². The van der Waals surface area contributed by atoms with Crippen LogP contribution in [-0.2, 0) is 64.0 Å². The maximum atomic E-state index is 14.9. The Morgan fingerprint density at radius 1 is 0.506 bits per heavy atom. The van der Waals surface area contributed by atoms with Crippen molar-refractivity contribution in [2.24, 2.45) is 23.1 Å². The molecule has 0 saturated carbocycles. The van der Waals surface area contributed by atoms with Crippen molar-refractivity contribution in [3.8, 4) is 5.75 Å². The fourth-order valence-corrected chi connectivity index (χ4v) is 9.47. The predicted octanol–water partition coefficient (Wildman–Crippen LogP) is 2.09. The molecule has 79 heavy (non-hydrogen) atoms. The van der Waals surface area contributed by atoms with Gasteiger partial charge in [-0.3, -0.25) is 38.4 Å². The van der Waals surface area contributed by atoms with E-state index in [1.807, 2.05) is 66.7 Å². The van der Waals surface area contributed by atoms with Crippen LogP contribution in [0.1, 0.15) is 61.8 Å². The molecule has 7 aromatic rings. The number of unbranched alkanes of at least 4 members (excludes halogenated alkanes) is 1. The fourth-order valence-electron chi connectivity index (χ4n) is 9.47. The number of carbonyl (C=O) groups is 8. The Labute approximate surface area is 454 Å². The SMILES string of the molecule is CC(C)[C@H](NC(=O)[C@H](Cc1c[nH]c2ccccc12)NC(=O)[C@H](Cc1ccc(O)cc1)NC(=O)[C@H](N)CC(=O)O)C(=O)N[C@H](Cc1c[nH]c2ccccc12)C(=O)N[C@H](Cc1c[nH]c2ccccc12)C(=O)N[C@@H](CCCCN)C(N)=O.